The highest BCUT2D eigenvalue weighted by Gasteiger charge is 2.28. The quantitative estimate of drug-likeness (QED) is 0.891. The van der Waals surface area contributed by atoms with Gasteiger partial charge in [-0.05, 0) is 18.1 Å². The first kappa shape index (κ1) is 15.3. The average molecular weight is 275 g/mol. The van der Waals surface area contributed by atoms with E-state index >= 15 is 0 Å². The van der Waals surface area contributed by atoms with Crippen LogP contribution < -0.4 is 10.1 Å². The third-order valence-corrected chi connectivity index (χ3v) is 2.15. The molecular formula is C13H16F3NO2. The summed E-state index contributed by atoms with van der Waals surface area (Å²) in [4.78, 5) is 11.6. The van der Waals surface area contributed by atoms with Crippen molar-refractivity contribution in [2.24, 2.45) is 5.92 Å². The highest BCUT2D eigenvalue weighted by atomic mass is 19.4. The van der Waals surface area contributed by atoms with Crippen molar-refractivity contribution in [3.63, 3.8) is 0 Å². The predicted octanol–water partition coefficient (Wildman–Crippen LogP) is 3.61. The van der Waals surface area contributed by atoms with Gasteiger partial charge in [-0.25, -0.2) is 0 Å². The normalized spacial score (nSPS) is 11.5. The SMILES string of the molecule is CC(C)CC(=O)Nc1ccccc1OCC(F)(F)F. The van der Waals surface area contributed by atoms with Crippen LogP contribution in [0.1, 0.15) is 20.3 Å². The molecule has 19 heavy (non-hydrogen) atoms. The molecule has 1 aromatic rings. The highest BCUT2D eigenvalue weighted by molar-refractivity contribution is 5.92. The molecule has 0 heterocycles. The smallest absolute Gasteiger partial charge is 0.422 e. The van der Waals surface area contributed by atoms with Crippen molar-refractivity contribution >= 4 is 11.6 Å². The van der Waals surface area contributed by atoms with Crippen LogP contribution in [0.4, 0.5) is 18.9 Å². The van der Waals surface area contributed by atoms with Crippen LogP contribution in [0.2, 0.25) is 0 Å². The summed E-state index contributed by atoms with van der Waals surface area (Å²) < 4.78 is 41.0. The van der Waals surface area contributed by atoms with Gasteiger partial charge in [-0.15, -0.1) is 0 Å². The van der Waals surface area contributed by atoms with Gasteiger partial charge >= 0.3 is 6.18 Å². The molecule has 0 aromatic heterocycles. The minimum atomic E-state index is -4.41. The molecule has 0 saturated heterocycles. The topological polar surface area (TPSA) is 38.3 Å². The van der Waals surface area contributed by atoms with Crippen molar-refractivity contribution in [2.45, 2.75) is 26.4 Å². The number of para-hydroxylation sites is 2. The molecule has 1 rings (SSSR count). The number of rotatable bonds is 5. The fourth-order valence-electron chi connectivity index (χ4n) is 1.43. The van der Waals surface area contributed by atoms with Gasteiger partial charge in [-0.2, -0.15) is 13.2 Å². The molecule has 106 valence electrons. The van der Waals surface area contributed by atoms with Crippen molar-refractivity contribution < 1.29 is 22.7 Å². The summed E-state index contributed by atoms with van der Waals surface area (Å²) in [6, 6.07) is 6.05. The Kier molecular flexibility index (Phi) is 5.20. The lowest BCUT2D eigenvalue weighted by atomic mass is 10.1. The molecule has 0 fully saturated rings. The summed E-state index contributed by atoms with van der Waals surface area (Å²) in [5.74, 6) is -0.0711. The Labute approximate surface area is 109 Å². The minimum absolute atomic E-state index is 0.0110. The summed E-state index contributed by atoms with van der Waals surface area (Å²) in [7, 11) is 0. The Morgan fingerprint density at radius 1 is 1.32 bits per heavy atom. The van der Waals surface area contributed by atoms with Crippen LogP contribution in [0.15, 0.2) is 24.3 Å². The maximum atomic E-state index is 12.1. The number of ether oxygens (including phenoxy) is 1. The molecule has 0 saturated carbocycles. The minimum Gasteiger partial charge on any atom is -0.482 e. The van der Waals surface area contributed by atoms with Crippen molar-refractivity contribution in [3.05, 3.63) is 24.3 Å². The highest BCUT2D eigenvalue weighted by Crippen LogP contribution is 2.26. The predicted molar refractivity (Wildman–Crippen MR) is 66.1 cm³/mol. The molecular weight excluding hydrogens is 259 g/mol. The summed E-state index contributed by atoms with van der Waals surface area (Å²) in [6.45, 7) is 2.38. The van der Waals surface area contributed by atoms with E-state index in [0.29, 0.717) is 6.42 Å². The van der Waals surface area contributed by atoms with Gasteiger partial charge in [0.05, 0.1) is 5.69 Å². The first-order valence-electron chi connectivity index (χ1n) is 5.86. The van der Waals surface area contributed by atoms with Crippen molar-refractivity contribution in [3.8, 4) is 5.75 Å². The number of halogens is 3. The van der Waals surface area contributed by atoms with Crippen LogP contribution in [-0.2, 0) is 4.79 Å². The molecule has 0 aliphatic rings. The van der Waals surface area contributed by atoms with Crippen molar-refractivity contribution in [2.75, 3.05) is 11.9 Å². The Hall–Kier alpha value is -1.72. The maximum Gasteiger partial charge on any atom is 0.422 e. The number of carbonyl (C=O) groups excluding carboxylic acids is 1. The first-order chi connectivity index (χ1) is 8.78. The summed E-state index contributed by atoms with van der Waals surface area (Å²) in [5, 5.41) is 2.55. The van der Waals surface area contributed by atoms with Gasteiger partial charge in [0.25, 0.3) is 0 Å². The number of benzene rings is 1. The van der Waals surface area contributed by atoms with E-state index in [1.54, 1.807) is 12.1 Å². The second-order valence-electron chi connectivity index (χ2n) is 4.55. The Bertz CT molecular complexity index is 430. The molecule has 1 aromatic carbocycles. The molecule has 1 N–H and O–H groups in total. The van der Waals surface area contributed by atoms with Crippen LogP contribution in [0.5, 0.6) is 5.75 Å². The van der Waals surface area contributed by atoms with Gasteiger partial charge in [-0.3, -0.25) is 4.79 Å². The van der Waals surface area contributed by atoms with E-state index < -0.39 is 12.8 Å². The van der Waals surface area contributed by atoms with Gasteiger partial charge in [-0.1, -0.05) is 26.0 Å². The number of carbonyl (C=O) groups is 1. The van der Waals surface area contributed by atoms with E-state index in [1.807, 2.05) is 13.8 Å². The lowest BCUT2D eigenvalue weighted by molar-refractivity contribution is -0.153. The number of hydrogen-bond acceptors (Lipinski definition) is 2. The van der Waals surface area contributed by atoms with Gasteiger partial charge < -0.3 is 10.1 Å². The van der Waals surface area contributed by atoms with Crippen LogP contribution >= 0.6 is 0 Å². The first-order valence-corrected chi connectivity index (χ1v) is 5.86. The molecule has 0 spiro atoms. The van der Waals surface area contributed by atoms with E-state index in [4.69, 9.17) is 0 Å². The van der Waals surface area contributed by atoms with E-state index in [0.717, 1.165) is 0 Å². The molecule has 1 amide bonds. The maximum absolute atomic E-state index is 12.1. The average Bonchev–Trinajstić information content (AvgIpc) is 2.25. The molecule has 0 aliphatic carbocycles. The van der Waals surface area contributed by atoms with Gasteiger partial charge in [0, 0.05) is 6.42 Å². The number of nitrogens with one attached hydrogen (secondary N) is 1. The molecule has 0 unspecified atom stereocenters. The zero-order chi connectivity index (χ0) is 14.5. The van der Waals surface area contributed by atoms with E-state index in [2.05, 4.69) is 10.1 Å². The van der Waals surface area contributed by atoms with Gasteiger partial charge in [0.15, 0.2) is 6.61 Å². The van der Waals surface area contributed by atoms with E-state index in [9.17, 15) is 18.0 Å². The van der Waals surface area contributed by atoms with Crippen LogP contribution in [-0.4, -0.2) is 18.7 Å². The fraction of sp³-hybridized carbons (Fsp3) is 0.462. The number of hydrogen-bond donors (Lipinski definition) is 1. The number of alkyl halides is 3. The molecule has 0 aliphatic heterocycles. The third kappa shape index (κ3) is 6.13. The second-order valence-corrected chi connectivity index (χ2v) is 4.55. The largest absolute Gasteiger partial charge is 0.482 e. The third-order valence-electron chi connectivity index (χ3n) is 2.15. The Balaban J connectivity index is 2.70. The molecule has 6 heteroatoms. The summed E-state index contributed by atoms with van der Waals surface area (Å²) in [5.41, 5.74) is 0.248. The summed E-state index contributed by atoms with van der Waals surface area (Å²) >= 11 is 0. The van der Waals surface area contributed by atoms with Gasteiger partial charge in [0.1, 0.15) is 5.75 Å². The fourth-order valence-corrected chi connectivity index (χ4v) is 1.43. The van der Waals surface area contributed by atoms with Crippen LogP contribution in [0.3, 0.4) is 0 Å². The van der Waals surface area contributed by atoms with E-state index in [-0.39, 0.29) is 23.3 Å². The van der Waals surface area contributed by atoms with Crippen molar-refractivity contribution in [1.29, 1.82) is 0 Å². The number of amides is 1. The monoisotopic (exact) mass is 275 g/mol. The molecule has 3 nitrogen and oxygen atoms in total. The van der Waals surface area contributed by atoms with Crippen molar-refractivity contribution in [1.82, 2.24) is 0 Å². The number of anilines is 1. The molecule has 0 atom stereocenters. The lowest BCUT2D eigenvalue weighted by Gasteiger charge is -2.14. The zero-order valence-electron chi connectivity index (χ0n) is 10.8. The van der Waals surface area contributed by atoms with Crippen LogP contribution in [0, 0.1) is 5.92 Å². The Morgan fingerprint density at radius 3 is 2.53 bits per heavy atom. The molecule has 0 bridgehead atoms. The van der Waals surface area contributed by atoms with E-state index in [1.165, 1.54) is 12.1 Å². The van der Waals surface area contributed by atoms with Crippen LogP contribution in [0.25, 0.3) is 0 Å². The Morgan fingerprint density at radius 2 is 1.95 bits per heavy atom. The summed E-state index contributed by atoms with van der Waals surface area (Å²) in [6.07, 6.45) is -4.11. The van der Waals surface area contributed by atoms with Gasteiger partial charge in [0.2, 0.25) is 5.91 Å². The molecule has 0 radical (unpaired) electrons. The zero-order valence-corrected chi connectivity index (χ0v) is 10.8. The second kappa shape index (κ2) is 6.45. The standard InChI is InChI=1S/C13H16F3NO2/c1-9(2)7-12(18)17-10-5-3-4-6-11(10)19-8-13(14,15)16/h3-6,9H,7-8H2,1-2H3,(H,17,18). The lowest BCUT2D eigenvalue weighted by Crippen LogP contribution is -2.20.